The fourth-order valence-corrected chi connectivity index (χ4v) is 3.10. The van der Waals surface area contributed by atoms with E-state index >= 15 is 0 Å². The summed E-state index contributed by atoms with van der Waals surface area (Å²) in [6, 6.07) is 13.1. The molecule has 2 aromatic rings. The second-order valence-electron chi connectivity index (χ2n) is 7.26. The first-order chi connectivity index (χ1) is 17.5. The molecule has 11 heteroatoms. The van der Waals surface area contributed by atoms with Gasteiger partial charge in [-0.15, -0.1) is 0 Å². The van der Waals surface area contributed by atoms with Crippen LogP contribution in [0.1, 0.15) is 11.1 Å². The van der Waals surface area contributed by atoms with Crippen molar-refractivity contribution in [2.75, 3.05) is 26.8 Å². The number of rotatable bonds is 8. The van der Waals surface area contributed by atoms with Crippen LogP contribution >= 0.6 is 0 Å². The molecule has 4 rings (SSSR count). The maximum atomic E-state index is 12.2. The van der Waals surface area contributed by atoms with Crippen LogP contribution in [-0.4, -0.2) is 44.5 Å². The van der Waals surface area contributed by atoms with Gasteiger partial charge in [0.2, 0.25) is 19.4 Å². The lowest BCUT2D eigenvalue weighted by Crippen LogP contribution is -2.21. The van der Waals surface area contributed by atoms with Gasteiger partial charge in [-0.2, -0.15) is 10.5 Å². The second kappa shape index (κ2) is 10.8. The lowest BCUT2D eigenvalue weighted by molar-refractivity contribution is -0.149. The zero-order valence-corrected chi connectivity index (χ0v) is 18.5. The standard InChI is InChI=1S/C25H16N2O9/c26-9-17(5-15-1-3-20-22(7-15)35-13-33-20)24(29)31-11-19(28)12-32-25(30)18(10-27)6-16-2-4-21-23(8-16)36-14-34-21/h1-8H,11-14H2/b17-5+,18-6+. The van der Waals surface area contributed by atoms with Crippen molar-refractivity contribution < 1.29 is 42.8 Å². The van der Waals surface area contributed by atoms with Crippen molar-refractivity contribution in [2.45, 2.75) is 0 Å². The number of ketones is 1. The van der Waals surface area contributed by atoms with Crippen molar-refractivity contribution in [3.8, 4) is 35.1 Å². The third-order valence-electron chi connectivity index (χ3n) is 4.82. The third kappa shape index (κ3) is 5.61. The minimum atomic E-state index is -1.03. The highest BCUT2D eigenvalue weighted by Gasteiger charge is 2.19. The van der Waals surface area contributed by atoms with Gasteiger partial charge in [-0.1, -0.05) is 12.1 Å². The van der Waals surface area contributed by atoms with Gasteiger partial charge in [-0.3, -0.25) is 4.79 Å². The highest BCUT2D eigenvalue weighted by molar-refractivity contribution is 6.00. The smallest absolute Gasteiger partial charge is 0.349 e. The normalized spacial score (nSPS) is 13.4. The van der Waals surface area contributed by atoms with Crippen LogP contribution in [0, 0.1) is 22.7 Å². The van der Waals surface area contributed by atoms with Gasteiger partial charge in [-0.25, -0.2) is 9.59 Å². The Labute approximate surface area is 204 Å². The van der Waals surface area contributed by atoms with Crippen molar-refractivity contribution in [1.82, 2.24) is 0 Å². The predicted molar refractivity (Wildman–Crippen MR) is 119 cm³/mol. The number of ether oxygens (including phenoxy) is 6. The van der Waals surface area contributed by atoms with E-state index in [1.54, 1.807) is 48.5 Å². The number of carbonyl (C=O) groups is 3. The van der Waals surface area contributed by atoms with E-state index in [-0.39, 0.29) is 24.7 Å². The molecule has 0 spiro atoms. The number of nitriles is 2. The molecule has 11 nitrogen and oxygen atoms in total. The van der Waals surface area contributed by atoms with E-state index in [9.17, 15) is 24.9 Å². The van der Waals surface area contributed by atoms with Crippen molar-refractivity contribution in [2.24, 2.45) is 0 Å². The summed E-state index contributed by atoms with van der Waals surface area (Å²) in [4.78, 5) is 36.4. The molecule has 0 atom stereocenters. The number of carbonyl (C=O) groups excluding carboxylic acids is 3. The number of Topliss-reactive ketones (excluding diaryl/α,β-unsaturated/α-hetero) is 1. The van der Waals surface area contributed by atoms with Crippen LogP contribution in [0.4, 0.5) is 0 Å². The molecular formula is C25H16N2O9. The van der Waals surface area contributed by atoms with E-state index in [1.807, 2.05) is 0 Å². The zero-order valence-electron chi connectivity index (χ0n) is 18.5. The van der Waals surface area contributed by atoms with Gasteiger partial charge in [0.15, 0.2) is 36.2 Å². The maximum absolute atomic E-state index is 12.2. The largest absolute Gasteiger partial charge is 0.454 e. The predicted octanol–water partition coefficient (Wildman–Crippen LogP) is 2.31. The summed E-state index contributed by atoms with van der Waals surface area (Å²) in [6.07, 6.45) is 2.55. The lowest BCUT2D eigenvalue weighted by atomic mass is 10.1. The Kier molecular flexibility index (Phi) is 7.13. The van der Waals surface area contributed by atoms with Crippen LogP contribution in [0.15, 0.2) is 47.5 Å². The number of fused-ring (bicyclic) bond motifs is 2. The Balaban J connectivity index is 1.29. The molecule has 0 saturated heterocycles. The van der Waals surface area contributed by atoms with E-state index in [0.717, 1.165) is 0 Å². The van der Waals surface area contributed by atoms with Crippen LogP contribution in [0.25, 0.3) is 12.2 Å². The number of hydrogen-bond acceptors (Lipinski definition) is 11. The molecule has 2 heterocycles. The molecule has 2 aliphatic rings. The van der Waals surface area contributed by atoms with Crippen molar-refractivity contribution >= 4 is 29.9 Å². The van der Waals surface area contributed by atoms with Gasteiger partial charge in [0.25, 0.3) is 0 Å². The zero-order chi connectivity index (χ0) is 25.5. The molecule has 0 bridgehead atoms. The summed E-state index contributed by atoms with van der Waals surface area (Å²) >= 11 is 0. The Morgan fingerprint density at radius 1 is 0.722 bits per heavy atom. The SMILES string of the molecule is N#C/C(=C\c1ccc2c(c1)OCO2)C(=O)OCC(=O)COC(=O)/C(C#N)=C/c1ccc2c(c1)OCO2. The number of nitrogens with zero attached hydrogens (tertiary/aromatic N) is 2. The minimum Gasteiger partial charge on any atom is -0.454 e. The molecule has 0 amide bonds. The number of esters is 2. The van der Waals surface area contributed by atoms with Crippen LogP contribution < -0.4 is 18.9 Å². The molecule has 0 saturated carbocycles. The minimum absolute atomic E-state index is 0.0758. The monoisotopic (exact) mass is 488 g/mol. The number of benzene rings is 2. The first kappa shape index (κ1) is 23.9. The summed E-state index contributed by atoms with van der Waals surface area (Å²) in [7, 11) is 0. The molecular weight excluding hydrogens is 472 g/mol. The van der Waals surface area contributed by atoms with E-state index in [2.05, 4.69) is 0 Å². The molecule has 0 unspecified atom stereocenters. The quantitative estimate of drug-likeness (QED) is 0.305. The highest BCUT2D eigenvalue weighted by atomic mass is 16.7. The van der Waals surface area contributed by atoms with Gasteiger partial charge < -0.3 is 28.4 Å². The van der Waals surface area contributed by atoms with Crippen LogP contribution in [0.3, 0.4) is 0 Å². The van der Waals surface area contributed by atoms with Crippen LogP contribution in [0.2, 0.25) is 0 Å². The summed E-state index contributed by atoms with van der Waals surface area (Å²) in [5.41, 5.74) is 0.284. The van der Waals surface area contributed by atoms with Crippen molar-refractivity contribution in [3.63, 3.8) is 0 Å². The molecule has 0 N–H and O–H groups in total. The molecule has 36 heavy (non-hydrogen) atoms. The molecule has 0 radical (unpaired) electrons. The fraction of sp³-hybridized carbons (Fsp3) is 0.160. The molecule has 2 aromatic carbocycles. The Morgan fingerprint density at radius 3 is 1.56 bits per heavy atom. The van der Waals surface area contributed by atoms with Crippen LogP contribution in [0.5, 0.6) is 23.0 Å². The molecule has 0 aliphatic carbocycles. The third-order valence-corrected chi connectivity index (χ3v) is 4.82. The summed E-state index contributed by atoms with van der Waals surface area (Å²) < 4.78 is 30.6. The maximum Gasteiger partial charge on any atom is 0.349 e. The van der Waals surface area contributed by atoms with E-state index in [0.29, 0.717) is 34.1 Å². The van der Waals surface area contributed by atoms with Crippen molar-refractivity contribution in [3.05, 3.63) is 58.7 Å². The topological polar surface area (TPSA) is 154 Å². The molecule has 0 fully saturated rings. The van der Waals surface area contributed by atoms with Crippen LogP contribution in [-0.2, 0) is 23.9 Å². The molecule has 2 aliphatic heterocycles. The van der Waals surface area contributed by atoms with E-state index < -0.39 is 30.9 Å². The molecule has 0 aromatic heterocycles. The van der Waals surface area contributed by atoms with E-state index in [1.165, 1.54) is 12.2 Å². The Hall–Kier alpha value is -5.29. The Morgan fingerprint density at radius 2 is 1.14 bits per heavy atom. The first-order valence-electron chi connectivity index (χ1n) is 10.4. The lowest BCUT2D eigenvalue weighted by Gasteiger charge is -2.05. The second-order valence-corrected chi connectivity index (χ2v) is 7.26. The van der Waals surface area contributed by atoms with Gasteiger partial charge in [-0.05, 0) is 47.5 Å². The van der Waals surface area contributed by atoms with E-state index in [4.69, 9.17) is 28.4 Å². The molecule has 180 valence electrons. The highest BCUT2D eigenvalue weighted by Crippen LogP contribution is 2.34. The number of hydrogen-bond donors (Lipinski definition) is 0. The van der Waals surface area contributed by atoms with Gasteiger partial charge in [0.05, 0.1) is 0 Å². The Bertz CT molecular complexity index is 1280. The summed E-state index contributed by atoms with van der Waals surface area (Å²) in [5, 5.41) is 18.5. The fourth-order valence-electron chi connectivity index (χ4n) is 3.10. The summed E-state index contributed by atoms with van der Waals surface area (Å²) in [6.45, 7) is -1.32. The van der Waals surface area contributed by atoms with Gasteiger partial charge in [0.1, 0.15) is 23.3 Å². The summed E-state index contributed by atoms with van der Waals surface area (Å²) in [5.74, 6) is -0.799. The van der Waals surface area contributed by atoms with Crippen molar-refractivity contribution in [1.29, 1.82) is 10.5 Å². The van der Waals surface area contributed by atoms with Gasteiger partial charge >= 0.3 is 11.9 Å². The average molecular weight is 488 g/mol. The first-order valence-corrected chi connectivity index (χ1v) is 10.4. The average Bonchev–Trinajstić information content (AvgIpc) is 3.56. The van der Waals surface area contributed by atoms with Gasteiger partial charge in [0, 0.05) is 0 Å².